The fourth-order valence-corrected chi connectivity index (χ4v) is 3.39. The van der Waals surface area contributed by atoms with Crippen LogP contribution in [0.4, 0.5) is 0 Å². The smallest absolute Gasteiger partial charge is 0.338 e. The number of benzene rings is 2. The largest absolute Gasteiger partial charge is 0.493 e. The Morgan fingerprint density at radius 3 is 2.19 bits per heavy atom. The molecule has 0 saturated carbocycles. The molecule has 0 saturated heterocycles. The van der Waals surface area contributed by atoms with Crippen LogP contribution < -0.4 is 18.9 Å². The maximum atomic E-state index is 12.5. The van der Waals surface area contributed by atoms with Crippen LogP contribution in [0.3, 0.4) is 0 Å². The summed E-state index contributed by atoms with van der Waals surface area (Å²) in [4.78, 5) is 12.5. The van der Waals surface area contributed by atoms with E-state index in [0.29, 0.717) is 46.5 Å². The molecule has 0 bridgehead atoms. The highest BCUT2D eigenvalue weighted by Gasteiger charge is 2.18. The first-order valence-corrected chi connectivity index (χ1v) is 10.9. The highest BCUT2D eigenvalue weighted by molar-refractivity contribution is 5.89. The van der Waals surface area contributed by atoms with Crippen molar-refractivity contribution in [1.82, 2.24) is 15.4 Å². The molecule has 0 fully saturated rings. The highest BCUT2D eigenvalue weighted by atomic mass is 16.5. The summed E-state index contributed by atoms with van der Waals surface area (Å²) in [6.45, 7) is 3.80. The van der Waals surface area contributed by atoms with Gasteiger partial charge in [0.1, 0.15) is 18.1 Å². The molecule has 188 valence electrons. The molecule has 4 rings (SSSR count). The van der Waals surface area contributed by atoms with Gasteiger partial charge in [0.25, 0.3) is 5.89 Å². The third-order valence-corrected chi connectivity index (χ3v) is 5.36. The Balaban J connectivity index is 1.36. The van der Waals surface area contributed by atoms with Crippen molar-refractivity contribution in [3.05, 3.63) is 64.9 Å². The van der Waals surface area contributed by atoms with E-state index in [1.165, 1.54) is 21.3 Å². The minimum atomic E-state index is -0.542. The van der Waals surface area contributed by atoms with E-state index in [9.17, 15) is 4.79 Å². The summed E-state index contributed by atoms with van der Waals surface area (Å²) in [6, 6.07) is 9.95. The van der Waals surface area contributed by atoms with Crippen molar-refractivity contribution in [3.63, 3.8) is 0 Å². The SMILES string of the molecule is COc1cc(-c2nnc(COC(=O)c3ccc(OCc4c(C)noc4C)cc3)o2)cc(OC)c1OC. The van der Waals surface area contributed by atoms with Gasteiger partial charge in [-0.3, -0.25) is 0 Å². The number of ether oxygens (including phenoxy) is 5. The standard InChI is InChI=1S/C25H25N3O8/c1-14-19(15(2)36-28-14)12-33-18-8-6-16(7-9-18)25(29)34-13-22-26-27-24(35-22)17-10-20(30-3)23(32-5)21(11-17)31-4/h6-11H,12-13H2,1-5H3. The Hall–Kier alpha value is -4.54. The second-order valence-corrected chi connectivity index (χ2v) is 7.61. The first-order valence-electron chi connectivity index (χ1n) is 10.9. The van der Waals surface area contributed by atoms with Gasteiger partial charge in [-0.1, -0.05) is 5.16 Å². The molecule has 0 unspecified atom stereocenters. The summed E-state index contributed by atoms with van der Waals surface area (Å²) < 4.78 is 37.9. The second-order valence-electron chi connectivity index (χ2n) is 7.61. The summed E-state index contributed by atoms with van der Waals surface area (Å²) in [5, 5.41) is 11.9. The molecule has 0 aliphatic carbocycles. The monoisotopic (exact) mass is 495 g/mol. The van der Waals surface area contributed by atoms with E-state index in [2.05, 4.69) is 15.4 Å². The first-order chi connectivity index (χ1) is 17.4. The van der Waals surface area contributed by atoms with Crippen molar-refractivity contribution in [2.24, 2.45) is 0 Å². The van der Waals surface area contributed by atoms with Gasteiger partial charge in [0.2, 0.25) is 11.6 Å². The lowest BCUT2D eigenvalue weighted by molar-refractivity contribution is 0.0438. The molecule has 0 aliphatic rings. The van der Waals surface area contributed by atoms with Crippen molar-refractivity contribution in [3.8, 4) is 34.5 Å². The van der Waals surface area contributed by atoms with Crippen LogP contribution in [0.15, 0.2) is 45.3 Å². The van der Waals surface area contributed by atoms with E-state index in [-0.39, 0.29) is 18.4 Å². The van der Waals surface area contributed by atoms with E-state index >= 15 is 0 Å². The number of aromatic nitrogens is 3. The third-order valence-electron chi connectivity index (χ3n) is 5.36. The van der Waals surface area contributed by atoms with Crippen LogP contribution in [0.25, 0.3) is 11.5 Å². The number of esters is 1. The molecule has 2 heterocycles. The van der Waals surface area contributed by atoms with Crippen molar-refractivity contribution < 1.29 is 37.4 Å². The topological polar surface area (TPSA) is 128 Å². The lowest BCUT2D eigenvalue weighted by Crippen LogP contribution is -2.05. The highest BCUT2D eigenvalue weighted by Crippen LogP contribution is 2.40. The zero-order chi connectivity index (χ0) is 25.7. The molecule has 4 aromatic rings. The van der Waals surface area contributed by atoms with Crippen LogP contribution in [0, 0.1) is 13.8 Å². The van der Waals surface area contributed by atoms with Gasteiger partial charge >= 0.3 is 5.97 Å². The molecule has 2 aromatic heterocycles. The number of carbonyl (C=O) groups is 1. The Morgan fingerprint density at radius 2 is 1.61 bits per heavy atom. The average Bonchev–Trinajstić information content (AvgIpc) is 3.51. The molecule has 0 spiro atoms. The Bertz CT molecular complexity index is 1300. The lowest BCUT2D eigenvalue weighted by Gasteiger charge is -2.12. The maximum Gasteiger partial charge on any atom is 0.338 e. The van der Waals surface area contributed by atoms with Gasteiger partial charge in [0.15, 0.2) is 18.1 Å². The molecule has 11 heteroatoms. The zero-order valence-electron chi connectivity index (χ0n) is 20.5. The number of methoxy groups -OCH3 is 3. The van der Waals surface area contributed by atoms with Gasteiger partial charge in [-0.05, 0) is 50.2 Å². The van der Waals surface area contributed by atoms with Gasteiger partial charge in [-0.25, -0.2) is 4.79 Å². The van der Waals surface area contributed by atoms with Gasteiger partial charge in [-0.2, -0.15) is 0 Å². The number of carbonyl (C=O) groups excluding carboxylic acids is 1. The quantitative estimate of drug-likeness (QED) is 0.292. The molecule has 0 amide bonds. The van der Waals surface area contributed by atoms with Crippen LogP contribution in [-0.4, -0.2) is 42.7 Å². The first kappa shape index (κ1) is 24.6. The van der Waals surface area contributed by atoms with Gasteiger partial charge in [0.05, 0.1) is 38.2 Å². The summed E-state index contributed by atoms with van der Waals surface area (Å²) in [5.74, 6) is 2.43. The van der Waals surface area contributed by atoms with Crippen LogP contribution in [-0.2, 0) is 18.0 Å². The number of hydrogen-bond donors (Lipinski definition) is 0. The number of nitrogens with zero attached hydrogens (tertiary/aromatic N) is 3. The predicted octanol–water partition coefficient (Wildman–Crippen LogP) is 4.30. The fourth-order valence-electron chi connectivity index (χ4n) is 3.39. The molecule has 0 N–H and O–H groups in total. The molecule has 2 aromatic carbocycles. The Kier molecular flexibility index (Phi) is 7.38. The van der Waals surface area contributed by atoms with E-state index in [1.54, 1.807) is 36.4 Å². The van der Waals surface area contributed by atoms with Crippen LogP contribution >= 0.6 is 0 Å². The summed E-state index contributed by atoms with van der Waals surface area (Å²) in [6.07, 6.45) is 0. The van der Waals surface area contributed by atoms with Crippen LogP contribution in [0.5, 0.6) is 23.0 Å². The Labute approximate surface area is 206 Å². The summed E-state index contributed by atoms with van der Waals surface area (Å²) >= 11 is 0. The lowest BCUT2D eigenvalue weighted by atomic mass is 10.2. The van der Waals surface area contributed by atoms with Crippen molar-refractivity contribution in [2.45, 2.75) is 27.1 Å². The number of rotatable bonds is 10. The molecule has 11 nitrogen and oxygen atoms in total. The molecule has 0 atom stereocenters. The summed E-state index contributed by atoms with van der Waals surface area (Å²) in [7, 11) is 4.54. The predicted molar refractivity (Wildman–Crippen MR) is 125 cm³/mol. The van der Waals surface area contributed by atoms with Crippen LogP contribution in [0.2, 0.25) is 0 Å². The minimum absolute atomic E-state index is 0.131. The molecular formula is C25H25N3O8. The van der Waals surface area contributed by atoms with E-state index < -0.39 is 5.97 Å². The van der Waals surface area contributed by atoms with E-state index in [1.807, 2.05) is 13.8 Å². The molecule has 36 heavy (non-hydrogen) atoms. The van der Waals surface area contributed by atoms with Crippen molar-refractivity contribution in [2.75, 3.05) is 21.3 Å². The third kappa shape index (κ3) is 5.24. The average molecular weight is 495 g/mol. The summed E-state index contributed by atoms with van der Waals surface area (Å²) in [5.41, 5.74) is 2.58. The second kappa shape index (κ2) is 10.8. The minimum Gasteiger partial charge on any atom is -0.493 e. The molecular weight excluding hydrogens is 470 g/mol. The molecule has 0 radical (unpaired) electrons. The number of aryl methyl sites for hydroxylation is 2. The van der Waals surface area contributed by atoms with Crippen molar-refractivity contribution >= 4 is 5.97 Å². The molecule has 0 aliphatic heterocycles. The van der Waals surface area contributed by atoms with Gasteiger partial charge in [0, 0.05) is 5.56 Å². The van der Waals surface area contributed by atoms with Crippen LogP contribution in [0.1, 0.15) is 33.3 Å². The fraction of sp³-hybridized carbons (Fsp3) is 0.280. The van der Waals surface area contributed by atoms with E-state index in [4.69, 9.17) is 32.6 Å². The number of hydrogen-bond acceptors (Lipinski definition) is 11. The Morgan fingerprint density at radius 1 is 0.917 bits per heavy atom. The maximum absolute atomic E-state index is 12.5. The van der Waals surface area contributed by atoms with Crippen molar-refractivity contribution in [1.29, 1.82) is 0 Å². The van der Waals surface area contributed by atoms with Gasteiger partial charge in [-0.15, -0.1) is 10.2 Å². The van der Waals surface area contributed by atoms with E-state index in [0.717, 1.165) is 11.3 Å². The van der Waals surface area contributed by atoms with Gasteiger partial charge < -0.3 is 32.6 Å². The zero-order valence-corrected chi connectivity index (χ0v) is 20.5. The normalized spacial score (nSPS) is 10.7.